The molecule has 1 rings (SSSR count). The molecule has 3 unspecified atom stereocenters. The van der Waals surface area contributed by atoms with Gasteiger partial charge in [0.1, 0.15) is 0 Å². The van der Waals surface area contributed by atoms with E-state index in [1.807, 2.05) is 0 Å². The molecule has 1 fully saturated rings. The van der Waals surface area contributed by atoms with Crippen LogP contribution in [0.5, 0.6) is 0 Å². The van der Waals surface area contributed by atoms with E-state index in [0.717, 1.165) is 18.4 Å². The topological polar surface area (TPSA) is 15.3 Å². The van der Waals surface area contributed by atoms with E-state index in [0.29, 0.717) is 17.5 Å². The lowest BCUT2D eigenvalue weighted by Gasteiger charge is -2.42. The van der Waals surface area contributed by atoms with Gasteiger partial charge in [0.2, 0.25) is 0 Å². The van der Waals surface area contributed by atoms with Gasteiger partial charge in [-0.25, -0.2) is 0 Å². The Hall–Kier alpha value is -0.0800. The summed E-state index contributed by atoms with van der Waals surface area (Å²) in [5, 5.41) is 3.70. The highest BCUT2D eigenvalue weighted by Crippen LogP contribution is 2.27. The average molecular weight is 254 g/mol. The van der Waals surface area contributed by atoms with Crippen molar-refractivity contribution in [2.24, 2.45) is 17.3 Å². The Morgan fingerprint density at radius 3 is 2.33 bits per heavy atom. The van der Waals surface area contributed by atoms with E-state index in [1.165, 1.54) is 19.5 Å². The fourth-order valence-corrected chi connectivity index (χ4v) is 2.60. The van der Waals surface area contributed by atoms with Crippen LogP contribution in [0.2, 0.25) is 0 Å². The number of nitrogens with one attached hydrogen (secondary N) is 1. The highest BCUT2D eigenvalue weighted by Gasteiger charge is 2.29. The van der Waals surface area contributed by atoms with Crippen molar-refractivity contribution >= 4 is 0 Å². The van der Waals surface area contributed by atoms with E-state index in [4.69, 9.17) is 0 Å². The molecule has 2 nitrogen and oxygen atoms in total. The number of hydrogen-bond donors (Lipinski definition) is 1. The summed E-state index contributed by atoms with van der Waals surface area (Å²) in [7, 11) is 0. The van der Waals surface area contributed by atoms with Crippen molar-refractivity contribution in [2.45, 2.75) is 67.0 Å². The van der Waals surface area contributed by atoms with Crippen molar-refractivity contribution in [1.29, 1.82) is 0 Å². The highest BCUT2D eigenvalue weighted by molar-refractivity contribution is 4.86. The summed E-state index contributed by atoms with van der Waals surface area (Å²) in [4.78, 5) is 2.69. The molecule has 1 aliphatic heterocycles. The van der Waals surface area contributed by atoms with Crippen LogP contribution in [0.3, 0.4) is 0 Å². The molecule has 1 heterocycles. The fourth-order valence-electron chi connectivity index (χ4n) is 2.60. The van der Waals surface area contributed by atoms with Crippen molar-refractivity contribution in [3.63, 3.8) is 0 Å². The summed E-state index contributed by atoms with van der Waals surface area (Å²) in [6.07, 6.45) is 1.30. The van der Waals surface area contributed by atoms with Gasteiger partial charge in [-0.3, -0.25) is 4.90 Å². The van der Waals surface area contributed by atoms with Crippen LogP contribution >= 0.6 is 0 Å². The van der Waals surface area contributed by atoms with E-state index in [9.17, 15) is 0 Å². The summed E-state index contributed by atoms with van der Waals surface area (Å²) >= 11 is 0. The van der Waals surface area contributed by atoms with Crippen LogP contribution in [-0.4, -0.2) is 36.6 Å². The van der Waals surface area contributed by atoms with Gasteiger partial charge in [0.25, 0.3) is 0 Å². The molecule has 18 heavy (non-hydrogen) atoms. The Kier molecular flexibility index (Phi) is 5.67. The highest BCUT2D eigenvalue weighted by atomic mass is 15.2. The first-order valence-electron chi connectivity index (χ1n) is 7.67. The molecule has 1 aliphatic rings. The largest absolute Gasteiger partial charge is 0.311 e. The molecule has 0 bridgehead atoms. The molecular weight excluding hydrogens is 220 g/mol. The van der Waals surface area contributed by atoms with Gasteiger partial charge in [-0.05, 0) is 30.6 Å². The maximum Gasteiger partial charge on any atom is 0.0198 e. The monoisotopic (exact) mass is 254 g/mol. The minimum atomic E-state index is 0.415. The summed E-state index contributed by atoms with van der Waals surface area (Å²) in [5.74, 6) is 1.54. The summed E-state index contributed by atoms with van der Waals surface area (Å²) in [5.41, 5.74) is 0.415. The molecule has 0 saturated carbocycles. The van der Waals surface area contributed by atoms with Gasteiger partial charge in [0.05, 0.1) is 0 Å². The Morgan fingerprint density at radius 1 is 1.22 bits per heavy atom. The Labute approximate surface area is 115 Å². The zero-order chi connectivity index (χ0) is 13.9. The van der Waals surface area contributed by atoms with E-state index in [1.54, 1.807) is 0 Å². The molecule has 3 atom stereocenters. The lowest BCUT2D eigenvalue weighted by atomic mass is 9.81. The molecule has 0 spiro atoms. The van der Waals surface area contributed by atoms with Crippen LogP contribution in [0.1, 0.15) is 54.9 Å². The Bertz CT molecular complexity index is 242. The van der Waals surface area contributed by atoms with Crippen LogP contribution in [0.15, 0.2) is 0 Å². The number of hydrogen-bond acceptors (Lipinski definition) is 2. The maximum absolute atomic E-state index is 3.70. The summed E-state index contributed by atoms with van der Waals surface area (Å²) in [6.45, 7) is 20.1. The SMILES string of the molecule is CC(C)CC1CN(CC(C)C(C)(C)C)C(C)CN1. The van der Waals surface area contributed by atoms with Gasteiger partial charge < -0.3 is 5.32 Å². The quantitative estimate of drug-likeness (QED) is 0.827. The summed E-state index contributed by atoms with van der Waals surface area (Å²) < 4.78 is 0. The lowest BCUT2D eigenvalue weighted by molar-refractivity contribution is 0.0864. The van der Waals surface area contributed by atoms with Gasteiger partial charge in [0, 0.05) is 31.7 Å². The molecule has 0 aromatic heterocycles. The first kappa shape index (κ1) is 16.0. The Balaban J connectivity index is 2.52. The minimum Gasteiger partial charge on any atom is -0.311 e. The van der Waals surface area contributed by atoms with E-state index < -0.39 is 0 Å². The van der Waals surface area contributed by atoms with Crippen LogP contribution in [0.25, 0.3) is 0 Å². The third-order valence-electron chi connectivity index (χ3n) is 4.52. The first-order chi connectivity index (χ1) is 8.20. The van der Waals surface area contributed by atoms with Crippen molar-refractivity contribution in [1.82, 2.24) is 10.2 Å². The number of nitrogens with zero attached hydrogens (tertiary/aromatic N) is 1. The number of rotatable bonds is 4. The molecule has 0 aromatic carbocycles. The second kappa shape index (κ2) is 6.38. The van der Waals surface area contributed by atoms with Crippen molar-refractivity contribution < 1.29 is 0 Å². The van der Waals surface area contributed by atoms with Crippen molar-refractivity contribution in [3.8, 4) is 0 Å². The standard InChI is InChI=1S/C16H34N2/c1-12(2)8-15-11-18(14(4)9-17-15)10-13(3)16(5,6)7/h12-15,17H,8-11H2,1-7H3. The van der Waals surface area contributed by atoms with Gasteiger partial charge in [-0.2, -0.15) is 0 Å². The van der Waals surface area contributed by atoms with Crippen molar-refractivity contribution in [2.75, 3.05) is 19.6 Å². The van der Waals surface area contributed by atoms with E-state index >= 15 is 0 Å². The van der Waals surface area contributed by atoms with Gasteiger partial charge in [-0.15, -0.1) is 0 Å². The lowest BCUT2D eigenvalue weighted by Crippen LogP contribution is -2.57. The van der Waals surface area contributed by atoms with E-state index in [2.05, 4.69) is 58.7 Å². The predicted octanol–water partition coefficient (Wildman–Crippen LogP) is 3.38. The third-order valence-corrected chi connectivity index (χ3v) is 4.52. The smallest absolute Gasteiger partial charge is 0.0198 e. The third kappa shape index (κ3) is 4.89. The zero-order valence-electron chi connectivity index (χ0n) is 13.6. The molecule has 2 heteroatoms. The Morgan fingerprint density at radius 2 is 1.83 bits per heavy atom. The van der Waals surface area contributed by atoms with Crippen LogP contribution in [0, 0.1) is 17.3 Å². The molecule has 108 valence electrons. The molecule has 1 N–H and O–H groups in total. The number of piperazine rings is 1. The zero-order valence-corrected chi connectivity index (χ0v) is 13.6. The van der Waals surface area contributed by atoms with Gasteiger partial charge in [-0.1, -0.05) is 41.5 Å². The molecule has 1 saturated heterocycles. The minimum absolute atomic E-state index is 0.415. The van der Waals surface area contributed by atoms with Crippen LogP contribution in [0.4, 0.5) is 0 Å². The second-order valence-corrected chi connectivity index (χ2v) is 7.80. The maximum atomic E-state index is 3.70. The molecule has 0 amide bonds. The van der Waals surface area contributed by atoms with Crippen molar-refractivity contribution in [3.05, 3.63) is 0 Å². The fraction of sp³-hybridized carbons (Fsp3) is 1.00. The molecular formula is C16H34N2. The molecule has 0 aromatic rings. The van der Waals surface area contributed by atoms with Gasteiger partial charge >= 0.3 is 0 Å². The summed E-state index contributed by atoms with van der Waals surface area (Å²) in [6, 6.07) is 1.37. The van der Waals surface area contributed by atoms with Crippen LogP contribution in [-0.2, 0) is 0 Å². The van der Waals surface area contributed by atoms with Gasteiger partial charge in [0.15, 0.2) is 0 Å². The first-order valence-corrected chi connectivity index (χ1v) is 7.67. The molecule has 0 radical (unpaired) electrons. The predicted molar refractivity (Wildman–Crippen MR) is 80.9 cm³/mol. The molecule has 0 aliphatic carbocycles. The van der Waals surface area contributed by atoms with Crippen LogP contribution < -0.4 is 5.32 Å². The second-order valence-electron chi connectivity index (χ2n) is 7.80. The normalized spacial score (nSPS) is 28.7. The van der Waals surface area contributed by atoms with E-state index in [-0.39, 0.29) is 0 Å². The average Bonchev–Trinajstić information content (AvgIpc) is 2.20.